The molecule has 0 fully saturated rings. The third-order valence-corrected chi connectivity index (χ3v) is 4.01. The number of nitrogens with one attached hydrogen (secondary N) is 1. The van der Waals surface area contributed by atoms with Crippen LogP contribution in [0.4, 0.5) is 0 Å². The van der Waals surface area contributed by atoms with Crippen LogP contribution in [-0.4, -0.2) is 26.7 Å². The Bertz CT molecular complexity index is 439. The Labute approximate surface area is 103 Å². The second kappa shape index (κ2) is 6.14. The first-order chi connectivity index (χ1) is 7.99. The fourth-order valence-corrected chi connectivity index (χ4v) is 2.47. The summed E-state index contributed by atoms with van der Waals surface area (Å²) < 4.78 is 26.2. The highest BCUT2D eigenvalue weighted by Gasteiger charge is 2.14. The average molecular weight is 257 g/mol. The number of aliphatic hydroxyl groups is 1. The van der Waals surface area contributed by atoms with Gasteiger partial charge in [-0.25, -0.2) is 13.1 Å². The predicted octanol–water partition coefficient (Wildman–Crippen LogP) is 1.16. The van der Waals surface area contributed by atoms with Crippen molar-refractivity contribution in [2.24, 2.45) is 5.92 Å². The summed E-state index contributed by atoms with van der Waals surface area (Å²) in [6.07, 6.45) is 0.884. The Balaban J connectivity index is 2.75. The minimum absolute atomic E-state index is 0.0305. The molecule has 17 heavy (non-hydrogen) atoms. The zero-order valence-corrected chi connectivity index (χ0v) is 11.0. The van der Waals surface area contributed by atoms with Crippen molar-refractivity contribution in [2.75, 3.05) is 13.2 Å². The van der Waals surface area contributed by atoms with E-state index in [1.54, 1.807) is 19.1 Å². The van der Waals surface area contributed by atoms with Crippen LogP contribution in [0, 0.1) is 5.92 Å². The van der Waals surface area contributed by atoms with Crippen molar-refractivity contribution in [1.82, 2.24) is 4.72 Å². The van der Waals surface area contributed by atoms with Gasteiger partial charge in [-0.05, 0) is 30.0 Å². The van der Waals surface area contributed by atoms with E-state index >= 15 is 0 Å². The van der Waals surface area contributed by atoms with E-state index in [2.05, 4.69) is 4.72 Å². The van der Waals surface area contributed by atoms with Crippen LogP contribution in [0.25, 0.3) is 0 Å². The molecule has 2 N–H and O–H groups in total. The Kier molecular flexibility index (Phi) is 5.11. The molecule has 0 aliphatic heterocycles. The Morgan fingerprint density at radius 2 is 1.88 bits per heavy atom. The summed E-state index contributed by atoms with van der Waals surface area (Å²) >= 11 is 0. The van der Waals surface area contributed by atoms with Gasteiger partial charge in [-0.15, -0.1) is 0 Å². The van der Waals surface area contributed by atoms with Crippen LogP contribution in [0.5, 0.6) is 0 Å². The number of aliphatic hydroxyl groups excluding tert-OH is 1. The lowest BCUT2D eigenvalue weighted by Gasteiger charge is -2.10. The lowest BCUT2D eigenvalue weighted by atomic mass is 10.2. The van der Waals surface area contributed by atoms with Gasteiger partial charge in [0, 0.05) is 13.2 Å². The first kappa shape index (κ1) is 14.2. The molecule has 96 valence electrons. The lowest BCUT2D eigenvalue weighted by Crippen LogP contribution is -2.29. The predicted molar refractivity (Wildman–Crippen MR) is 67.3 cm³/mol. The van der Waals surface area contributed by atoms with E-state index in [9.17, 15) is 8.42 Å². The molecule has 0 aliphatic carbocycles. The monoisotopic (exact) mass is 257 g/mol. The molecule has 1 aromatic rings. The molecule has 0 saturated carbocycles. The Hall–Kier alpha value is -0.910. The highest BCUT2D eigenvalue weighted by Crippen LogP contribution is 2.11. The molecular weight excluding hydrogens is 238 g/mol. The molecule has 0 heterocycles. The number of hydrogen-bond donors (Lipinski definition) is 2. The molecule has 1 unspecified atom stereocenters. The fourth-order valence-electron chi connectivity index (χ4n) is 1.30. The standard InChI is InChI=1S/C12H19NO3S/c1-3-11-4-6-12(7-5-11)17(15,16)13-8-10(2)9-14/h4-7,10,13-14H,3,8-9H2,1-2H3. The molecule has 0 spiro atoms. The molecule has 1 rings (SSSR count). The third-order valence-electron chi connectivity index (χ3n) is 2.58. The van der Waals surface area contributed by atoms with E-state index < -0.39 is 10.0 Å². The summed E-state index contributed by atoms with van der Waals surface area (Å²) in [5.41, 5.74) is 1.10. The molecule has 5 heteroatoms. The van der Waals surface area contributed by atoms with Gasteiger partial charge >= 0.3 is 0 Å². The summed E-state index contributed by atoms with van der Waals surface area (Å²) in [5, 5.41) is 8.84. The van der Waals surface area contributed by atoms with Crippen molar-refractivity contribution < 1.29 is 13.5 Å². The summed E-state index contributed by atoms with van der Waals surface area (Å²) in [6, 6.07) is 6.82. The molecule has 0 saturated heterocycles. The van der Waals surface area contributed by atoms with Crippen LogP contribution in [0.2, 0.25) is 0 Å². The third kappa shape index (κ3) is 4.11. The molecular formula is C12H19NO3S. The summed E-state index contributed by atoms with van der Waals surface area (Å²) in [5.74, 6) is -0.0836. The van der Waals surface area contributed by atoms with Crippen molar-refractivity contribution in [1.29, 1.82) is 0 Å². The van der Waals surface area contributed by atoms with Crippen molar-refractivity contribution in [2.45, 2.75) is 25.2 Å². The van der Waals surface area contributed by atoms with Gasteiger partial charge in [-0.2, -0.15) is 0 Å². The van der Waals surface area contributed by atoms with E-state index in [0.29, 0.717) is 0 Å². The zero-order valence-electron chi connectivity index (χ0n) is 10.2. The second-order valence-corrected chi connectivity index (χ2v) is 5.90. The summed E-state index contributed by atoms with van der Waals surface area (Å²) in [4.78, 5) is 0.264. The molecule has 0 radical (unpaired) electrons. The van der Waals surface area contributed by atoms with Gasteiger partial charge in [-0.3, -0.25) is 0 Å². The molecule has 1 atom stereocenters. The first-order valence-corrected chi connectivity index (χ1v) is 7.17. The van der Waals surface area contributed by atoms with Gasteiger partial charge in [0.15, 0.2) is 0 Å². The summed E-state index contributed by atoms with van der Waals surface area (Å²) in [6.45, 7) is 4.01. The van der Waals surface area contributed by atoms with Crippen LogP contribution in [0.3, 0.4) is 0 Å². The fraction of sp³-hybridized carbons (Fsp3) is 0.500. The Morgan fingerprint density at radius 1 is 1.29 bits per heavy atom. The highest BCUT2D eigenvalue weighted by molar-refractivity contribution is 7.89. The topological polar surface area (TPSA) is 66.4 Å². The maximum absolute atomic E-state index is 11.9. The largest absolute Gasteiger partial charge is 0.396 e. The van der Waals surface area contributed by atoms with Crippen LogP contribution in [0.15, 0.2) is 29.2 Å². The maximum atomic E-state index is 11.9. The zero-order chi connectivity index (χ0) is 12.9. The first-order valence-electron chi connectivity index (χ1n) is 5.69. The SMILES string of the molecule is CCc1ccc(S(=O)(=O)NCC(C)CO)cc1. The van der Waals surface area contributed by atoms with Crippen molar-refractivity contribution >= 4 is 10.0 Å². The van der Waals surface area contributed by atoms with Gasteiger partial charge in [0.1, 0.15) is 0 Å². The molecule has 1 aromatic carbocycles. The van der Waals surface area contributed by atoms with Crippen molar-refractivity contribution in [3.05, 3.63) is 29.8 Å². The molecule has 0 amide bonds. The molecule has 0 aliphatic rings. The van der Waals surface area contributed by atoms with Gasteiger partial charge in [-0.1, -0.05) is 26.0 Å². The number of benzene rings is 1. The average Bonchev–Trinajstić information content (AvgIpc) is 2.36. The van der Waals surface area contributed by atoms with Crippen LogP contribution in [-0.2, 0) is 16.4 Å². The minimum Gasteiger partial charge on any atom is -0.396 e. The lowest BCUT2D eigenvalue weighted by molar-refractivity contribution is 0.238. The normalized spacial score (nSPS) is 13.6. The number of sulfonamides is 1. The van der Waals surface area contributed by atoms with Gasteiger partial charge in [0.05, 0.1) is 4.90 Å². The van der Waals surface area contributed by atoms with Gasteiger partial charge in [0.2, 0.25) is 10.0 Å². The van der Waals surface area contributed by atoms with E-state index in [4.69, 9.17) is 5.11 Å². The minimum atomic E-state index is -3.45. The Morgan fingerprint density at radius 3 is 2.35 bits per heavy atom. The second-order valence-electron chi connectivity index (χ2n) is 4.14. The van der Waals surface area contributed by atoms with E-state index in [0.717, 1.165) is 12.0 Å². The van der Waals surface area contributed by atoms with Gasteiger partial charge < -0.3 is 5.11 Å². The maximum Gasteiger partial charge on any atom is 0.240 e. The number of rotatable bonds is 6. The van der Waals surface area contributed by atoms with E-state index in [1.807, 2.05) is 19.1 Å². The summed E-state index contributed by atoms with van der Waals surface area (Å²) in [7, 11) is -3.45. The number of aryl methyl sites for hydroxylation is 1. The van der Waals surface area contributed by atoms with Crippen LogP contribution in [0.1, 0.15) is 19.4 Å². The highest BCUT2D eigenvalue weighted by atomic mass is 32.2. The van der Waals surface area contributed by atoms with Crippen molar-refractivity contribution in [3.8, 4) is 0 Å². The smallest absolute Gasteiger partial charge is 0.240 e. The number of hydrogen-bond acceptors (Lipinski definition) is 3. The van der Waals surface area contributed by atoms with Gasteiger partial charge in [0.25, 0.3) is 0 Å². The molecule has 4 nitrogen and oxygen atoms in total. The van der Waals surface area contributed by atoms with Crippen molar-refractivity contribution in [3.63, 3.8) is 0 Å². The van der Waals surface area contributed by atoms with E-state index in [1.165, 1.54) is 0 Å². The van der Waals surface area contributed by atoms with E-state index in [-0.39, 0.29) is 24.0 Å². The quantitative estimate of drug-likeness (QED) is 0.803. The van der Waals surface area contributed by atoms with Crippen LogP contribution < -0.4 is 4.72 Å². The molecule has 0 aromatic heterocycles. The molecule has 0 bridgehead atoms. The van der Waals surface area contributed by atoms with Crippen LogP contribution >= 0.6 is 0 Å².